The molecule has 3 aromatic carbocycles. The fourth-order valence-corrected chi connectivity index (χ4v) is 4.58. The highest BCUT2D eigenvalue weighted by Gasteiger charge is 2.26. The number of nitrogens with one attached hydrogen (secondary N) is 1. The maximum atomic E-state index is 13.4. The molecule has 0 fully saturated rings. The number of thioether (sulfide) groups is 1. The van der Waals surface area contributed by atoms with Gasteiger partial charge < -0.3 is 14.8 Å². The second-order valence-corrected chi connectivity index (χ2v) is 8.33. The Balaban J connectivity index is 1.37. The van der Waals surface area contributed by atoms with Crippen molar-refractivity contribution < 1.29 is 9.59 Å². The minimum Gasteiger partial charge on any atom is -0.322 e. The highest BCUT2D eigenvalue weighted by atomic mass is 32.2. The lowest BCUT2D eigenvalue weighted by atomic mass is 10.1. The van der Waals surface area contributed by atoms with Crippen LogP contribution in [0.4, 0.5) is 11.4 Å². The Morgan fingerprint density at radius 1 is 0.844 bits per heavy atom. The van der Waals surface area contributed by atoms with Crippen LogP contribution in [0.3, 0.4) is 0 Å². The third-order valence-electron chi connectivity index (χ3n) is 5.57. The van der Waals surface area contributed by atoms with Crippen molar-refractivity contribution in [3.05, 3.63) is 108 Å². The van der Waals surface area contributed by atoms with Crippen LogP contribution in [0.15, 0.2) is 96.0 Å². The second-order valence-electron chi connectivity index (χ2n) is 7.48. The summed E-state index contributed by atoms with van der Waals surface area (Å²) in [6.07, 6.45) is 3.96. The van der Waals surface area contributed by atoms with Crippen molar-refractivity contribution in [1.82, 2.24) is 4.57 Å². The summed E-state index contributed by atoms with van der Waals surface area (Å²) in [4.78, 5) is 28.8. The molecule has 1 aromatic heterocycles. The van der Waals surface area contributed by atoms with Crippen LogP contribution in [0, 0.1) is 0 Å². The minimum absolute atomic E-state index is 0.0736. The lowest BCUT2D eigenvalue weighted by Gasteiger charge is -2.31. The van der Waals surface area contributed by atoms with E-state index >= 15 is 0 Å². The first-order valence-electron chi connectivity index (χ1n) is 10.3. The van der Waals surface area contributed by atoms with Gasteiger partial charge in [0.1, 0.15) is 0 Å². The van der Waals surface area contributed by atoms with Crippen molar-refractivity contribution in [3.8, 4) is 5.69 Å². The Morgan fingerprint density at radius 3 is 2.34 bits per heavy atom. The Morgan fingerprint density at radius 2 is 1.56 bits per heavy atom. The summed E-state index contributed by atoms with van der Waals surface area (Å²) < 4.78 is 2.12. The van der Waals surface area contributed by atoms with Gasteiger partial charge in [-0.25, -0.2) is 0 Å². The molecule has 6 heteroatoms. The Bertz CT molecular complexity index is 1310. The van der Waals surface area contributed by atoms with E-state index in [0.717, 1.165) is 22.0 Å². The summed E-state index contributed by atoms with van der Waals surface area (Å²) in [5.74, 6) is -0.241. The molecule has 2 heterocycles. The van der Waals surface area contributed by atoms with Gasteiger partial charge in [0.25, 0.3) is 11.8 Å². The molecule has 0 atom stereocenters. The number of para-hydroxylation sites is 2. The zero-order valence-corrected chi connectivity index (χ0v) is 18.3. The first-order valence-corrected chi connectivity index (χ1v) is 11.5. The summed E-state index contributed by atoms with van der Waals surface area (Å²) in [7, 11) is 0. The molecule has 0 bridgehead atoms. The number of amides is 2. The van der Waals surface area contributed by atoms with E-state index in [1.165, 1.54) is 11.8 Å². The predicted molar refractivity (Wildman–Crippen MR) is 129 cm³/mol. The third-order valence-corrected chi connectivity index (χ3v) is 6.37. The van der Waals surface area contributed by atoms with Crippen LogP contribution in [0.5, 0.6) is 0 Å². The van der Waals surface area contributed by atoms with E-state index in [9.17, 15) is 9.59 Å². The molecule has 32 heavy (non-hydrogen) atoms. The van der Waals surface area contributed by atoms with Crippen molar-refractivity contribution in [2.75, 3.05) is 16.5 Å². The Hall–Kier alpha value is -3.77. The SMILES string of the molecule is CSc1ccccc1C(=O)Nc1ccc(C(=O)N2Cc3cccn3-c3ccccc32)cc1. The molecule has 4 aromatic rings. The van der Waals surface area contributed by atoms with Gasteiger partial charge in [-0.15, -0.1) is 11.8 Å². The van der Waals surface area contributed by atoms with Gasteiger partial charge >= 0.3 is 0 Å². The number of nitrogens with zero attached hydrogens (tertiary/aromatic N) is 2. The number of carbonyl (C=O) groups is 2. The second kappa shape index (κ2) is 8.40. The third kappa shape index (κ3) is 3.59. The predicted octanol–water partition coefficient (Wildman–Crippen LogP) is 5.61. The fourth-order valence-electron chi connectivity index (χ4n) is 3.99. The minimum atomic E-state index is -0.167. The normalized spacial score (nSPS) is 12.1. The van der Waals surface area contributed by atoms with Gasteiger partial charge in [0, 0.05) is 28.0 Å². The summed E-state index contributed by atoms with van der Waals surface area (Å²) in [5.41, 5.74) is 4.79. The van der Waals surface area contributed by atoms with Gasteiger partial charge in [0.05, 0.1) is 23.5 Å². The molecule has 1 aliphatic rings. The lowest BCUT2D eigenvalue weighted by Crippen LogP contribution is -2.34. The molecular formula is C26H21N3O2S. The molecular weight excluding hydrogens is 418 g/mol. The summed E-state index contributed by atoms with van der Waals surface area (Å²) >= 11 is 1.53. The topological polar surface area (TPSA) is 54.3 Å². The number of hydrogen-bond donors (Lipinski definition) is 1. The maximum Gasteiger partial charge on any atom is 0.258 e. The number of anilines is 2. The molecule has 0 unspecified atom stereocenters. The lowest BCUT2D eigenvalue weighted by molar-refractivity contribution is 0.0982. The van der Waals surface area contributed by atoms with Crippen LogP contribution in [0.1, 0.15) is 26.4 Å². The monoisotopic (exact) mass is 439 g/mol. The van der Waals surface area contributed by atoms with Gasteiger partial charge in [-0.05, 0) is 66.9 Å². The maximum absolute atomic E-state index is 13.4. The molecule has 0 aliphatic carbocycles. The molecule has 5 rings (SSSR count). The van der Waals surface area contributed by atoms with Gasteiger partial charge in [-0.1, -0.05) is 24.3 Å². The van der Waals surface area contributed by atoms with Gasteiger partial charge in [0.15, 0.2) is 0 Å². The van der Waals surface area contributed by atoms with Crippen molar-refractivity contribution in [2.24, 2.45) is 0 Å². The molecule has 158 valence electrons. The van der Waals surface area contributed by atoms with E-state index in [4.69, 9.17) is 0 Å². The van der Waals surface area contributed by atoms with E-state index in [1.807, 2.05) is 73.1 Å². The highest BCUT2D eigenvalue weighted by Crippen LogP contribution is 2.33. The van der Waals surface area contributed by atoms with E-state index in [-0.39, 0.29) is 11.8 Å². The number of hydrogen-bond acceptors (Lipinski definition) is 3. The summed E-state index contributed by atoms with van der Waals surface area (Å²) in [6, 6.07) is 26.5. The molecule has 2 amide bonds. The van der Waals surface area contributed by atoms with Gasteiger partial charge in [0.2, 0.25) is 0 Å². The van der Waals surface area contributed by atoms with Crippen LogP contribution in [-0.2, 0) is 6.54 Å². The number of fused-ring (bicyclic) bond motifs is 3. The fraction of sp³-hybridized carbons (Fsp3) is 0.0769. The molecule has 1 aliphatic heterocycles. The Kier molecular flexibility index (Phi) is 5.29. The van der Waals surface area contributed by atoms with Crippen LogP contribution in [-0.4, -0.2) is 22.6 Å². The van der Waals surface area contributed by atoms with Crippen molar-refractivity contribution in [2.45, 2.75) is 11.4 Å². The van der Waals surface area contributed by atoms with Crippen LogP contribution >= 0.6 is 11.8 Å². The van der Waals surface area contributed by atoms with Crippen molar-refractivity contribution in [3.63, 3.8) is 0 Å². The van der Waals surface area contributed by atoms with E-state index < -0.39 is 0 Å². The van der Waals surface area contributed by atoms with Gasteiger partial charge in [-0.3, -0.25) is 9.59 Å². The highest BCUT2D eigenvalue weighted by molar-refractivity contribution is 7.98. The van der Waals surface area contributed by atoms with Crippen LogP contribution in [0.2, 0.25) is 0 Å². The summed E-state index contributed by atoms with van der Waals surface area (Å²) in [6.45, 7) is 0.507. The molecule has 0 saturated heterocycles. The number of carbonyl (C=O) groups excluding carboxylic acids is 2. The first kappa shape index (κ1) is 20.2. The largest absolute Gasteiger partial charge is 0.322 e. The van der Waals surface area contributed by atoms with Crippen molar-refractivity contribution >= 4 is 35.0 Å². The number of benzene rings is 3. The molecule has 0 spiro atoms. The summed E-state index contributed by atoms with van der Waals surface area (Å²) in [5, 5.41) is 2.92. The van der Waals surface area contributed by atoms with Crippen LogP contribution in [0.25, 0.3) is 5.69 Å². The standard InChI is InChI=1S/C26H21N3O2S/c1-32-24-11-5-2-8-21(24)25(30)27-19-14-12-18(13-15-19)26(31)29-17-20-7-6-16-28(20)22-9-3-4-10-23(22)29/h2-16H,17H2,1H3,(H,27,30). The Labute approximate surface area is 190 Å². The number of aromatic nitrogens is 1. The quantitative estimate of drug-likeness (QED) is 0.421. The average Bonchev–Trinajstić information content (AvgIpc) is 3.32. The average molecular weight is 440 g/mol. The molecule has 0 saturated carbocycles. The zero-order chi connectivity index (χ0) is 22.1. The van der Waals surface area contributed by atoms with E-state index in [1.54, 1.807) is 29.2 Å². The van der Waals surface area contributed by atoms with Gasteiger partial charge in [-0.2, -0.15) is 0 Å². The van der Waals surface area contributed by atoms with E-state index in [2.05, 4.69) is 9.88 Å². The van der Waals surface area contributed by atoms with Crippen LogP contribution < -0.4 is 10.2 Å². The van der Waals surface area contributed by atoms with E-state index in [0.29, 0.717) is 23.4 Å². The molecule has 0 radical (unpaired) electrons. The van der Waals surface area contributed by atoms with Crippen molar-refractivity contribution in [1.29, 1.82) is 0 Å². The zero-order valence-electron chi connectivity index (χ0n) is 17.5. The first-order chi connectivity index (χ1) is 15.7. The smallest absolute Gasteiger partial charge is 0.258 e. The molecule has 5 nitrogen and oxygen atoms in total. The molecule has 1 N–H and O–H groups in total. The number of rotatable bonds is 4.